The summed E-state index contributed by atoms with van der Waals surface area (Å²) in [5.41, 5.74) is 1.73. The van der Waals surface area contributed by atoms with E-state index < -0.39 is 23.7 Å². The molecule has 0 bridgehead atoms. The van der Waals surface area contributed by atoms with Crippen LogP contribution >= 0.6 is 0 Å². The third-order valence-electron chi connectivity index (χ3n) is 2.78. The van der Waals surface area contributed by atoms with Crippen molar-refractivity contribution in [2.75, 3.05) is 0 Å². The molecule has 0 radical (unpaired) electrons. The highest BCUT2D eigenvalue weighted by Crippen LogP contribution is 2.18. The first-order chi connectivity index (χ1) is 7.86. The second-order valence-electron chi connectivity index (χ2n) is 4.55. The van der Waals surface area contributed by atoms with E-state index in [4.69, 9.17) is 0 Å². The number of carbonyl (C=O) groups excluding carboxylic acids is 2. The van der Waals surface area contributed by atoms with Crippen LogP contribution in [0.25, 0.3) is 0 Å². The fourth-order valence-corrected chi connectivity index (χ4v) is 1.75. The zero-order valence-electron chi connectivity index (χ0n) is 10.6. The highest BCUT2D eigenvalue weighted by atomic mass is 19.1. The number of ketones is 2. The van der Waals surface area contributed by atoms with E-state index in [1.54, 1.807) is 45.9 Å². The van der Waals surface area contributed by atoms with Gasteiger partial charge in [0.25, 0.3) is 0 Å². The molecule has 0 heterocycles. The van der Waals surface area contributed by atoms with E-state index in [0.717, 1.165) is 0 Å². The van der Waals surface area contributed by atoms with Crippen LogP contribution in [0, 0.1) is 19.8 Å². The molecule has 1 aromatic rings. The van der Waals surface area contributed by atoms with Crippen molar-refractivity contribution < 1.29 is 14.0 Å². The zero-order chi connectivity index (χ0) is 13.2. The molecule has 1 atom stereocenters. The van der Waals surface area contributed by atoms with Gasteiger partial charge in [-0.05, 0) is 25.0 Å². The molecule has 0 saturated carbocycles. The van der Waals surface area contributed by atoms with Crippen LogP contribution in [0.3, 0.4) is 0 Å². The third kappa shape index (κ3) is 2.78. The van der Waals surface area contributed by atoms with E-state index >= 15 is 0 Å². The molecule has 0 spiro atoms. The highest BCUT2D eigenvalue weighted by molar-refractivity contribution is 6.14. The molecule has 0 aliphatic carbocycles. The monoisotopic (exact) mass is 236 g/mol. The van der Waals surface area contributed by atoms with Gasteiger partial charge in [-0.25, -0.2) is 4.39 Å². The summed E-state index contributed by atoms with van der Waals surface area (Å²) in [7, 11) is 0. The van der Waals surface area contributed by atoms with Gasteiger partial charge in [-0.15, -0.1) is 0 Å². The van der Waals surface area contributed by atoms with E-state index in [1.165, 1.54) is 0 Å². The molecular formula is C14H17FO2. The Kier molecular flexibility index (Phi) is 4.16. The van der Waals surface area contributed by atoms with Crippen molar-refractivity contribution in [3.05, 3.63) is 34.9 Å². The molecule has 1 aromatic carbocycles. The summed E-state index contributed by atoms with van der Waals surface area (Å²) in [6.45, 7) is 6.67. The van der Waals surface area contributed by atoms with Crippen molar-refractivity contribution >= 4 is 11.6 Å². The first kappa shape index (κ1) is 13.6. The van der Waals surface area contributed by atoms with Crippen LogP contribution in [0.4, 0.5) is 4.39 Å². The topological polar surface area (TPSA) is 34.1 Å². The molecule has 0 amide bonds. The predicted molar refractivity (Wildman–Crippen MR) is 65.0 cm³/mol. The number of halogens is 1. The van der Waals surface area contributed by atoms with Gasteiger partial charge in [-0.1, -0.05) is 32.0 Å². The van der Waals surface area contributed by atoms with E-state index in [-0.39, 0.29) is 0 Å². The second-order valence-corrected chi connectivity index (χ2v) is 4.55. The van der Waals surface area contributed by atoms with Crippen molar-refractivity contribution in [3.63, 3.8) is 0 Å². The summed E-state index contributed by atoms with van der Waals surface area (Å²) < 4.78 is 13.8. The van der Waals surface area contributed by atoms with Gasteiger partial charge in [0, 0.05) is 11.5 Å². The molecule has 0 aromatic heterocycles. The van der Waals surface area contributed by atoms with Crippen molar-refractivity contribution in [2.24, 2.45) is 5.92 Å². The van der Waals surface area contributed by atoms with Gasteiger partial charge >= 0.3 is 0 Å². The van der Waals surface area contributed by atoms with Gasteiger partial charge < -0.3 is 0 Å². The Morgan fingerprint density at radius 3 is 2.00 bits per heavy atom. The number of Topliss-reactive ketones (excluding diaryl/α,β-unsaturated/α-hetero) is 2. The maximum atomic E-state index is 13.8. The minimum Gasteiger partial charge on any atom is -0.296 e. The lowest BCUT2D eigenvalue weighted by Crippen LogP contribution is -2.30. The first-order valence-corrected chi connectivity index (χ1v) is 5.64. The zero-order valence-corrected chi connectivity index (χ0v) is 10.6. The molecule has 3 heteroatoms. The Bertz CT molecular complexity index is 429. The van der Waals surface area contributed by atoms with Gasteiger partial charge in [0.2, 0.25) is 12.0 Å². The lowest BCUT2D eigenvalue weighted by atomic mass is 9.93. The van der Waals surface area contributed by atoms with Gasteiger partial charge in [0.1, 0.15) is 0 Å². The maximum Gasteiger partial charge on any atom is 0.221 e. The van der Waals surface area contributed by atoms with Crippen LogP contribution in [-0.2, 0) is 4.79 Å². The predicted octanol–water partition coefficient (Wildman–Crippen LogP) is 3.05. The van der Waals surface area contributed by atoms with Crippen LogP contribution in [0.2, 0.25) is 0 Å². The second kappa shape index (κ2) is 5.21. The minimum atomic E-state index is -2.05. The van der Waals surface area contributed by atoms with Crippen LogP contribution in [0.15, 0.2) is 18.2 Å². The Balaban J connectivity index is 3.09. The van der Waals surface area contributed by atoms with Gasteiger partial charge in [0.05, 0.1) is 0 Å². The highest BCUT2D eigenvalue weighted by Gasteiger charge is 2.30. The summed E-state index contributed by atoms with van der Waals surface area (Å²) >= 11 is 0. The number of carbonyl (C=O) groups is 2. The summed E-state index contributed by atoms with van der Waals surface area (Å²) in [5, 5.41) is 0. The summed E-state index contributed by atoms with van der Waals surface area (Å²) in [6, 6.07) is 5.29. The number of aryl methyl sites for hydroxylation is 2. The van der Waals surface area contributed by atoms with Gasteiger partial charge in [-0.3, -0.25) is 9.59 Å². The third-order valence-corrected chi connectivity index (χ3v) is 2.78. The molecule has 0 N–H and O–H groups in total. The van der Waals surface area contributed by atoms with Crippen LogP contribution < -0.4 is 0 Å². The molecule has 0 fully saturated rings. The summed E-state index contributed by atoms with van der Waals surface area (Å²) in [4.78, 5) is 23.4. The lowest BCUT2D eigenvalue weighted by molar-refractivity contribution is -0.125. The molecule has 17 heavy (non-hydrogen) atoms. The van der Waals surface area contributed by atoms with E-state index in [2.05, 4.69) is 0 Å². The van der Waals surface area contributed by atoms with E-state index in [1.807, 2.05) is 0 Å². The normalized spacial score (nSPS) is 12.6. The van der Waals surface area contributed by atoms with Crippen LogP contribution in [0.5, 0.6) is 0 Å². The smallest absolute Gasteiger partial charge is 0.221 e. The van der Waals surface area contributed by atoms with Gasteiger partial charge in [0.15, 0.2) is 5.78 Å². The van der Waals surface area contributed by atoms with Crippen molar-refractivity contribution in [1.82, 2.24) is 0 Å². The van der Waals surface area contributed by atoms with Crippen molar-refractivity contribution in [2.45, 2.75) is 33.9 Å². The standard InChI is InChI=1S/C14H17FO2/c1-8(2)13(16)12(15)14(17)11-9(3)6-5-7-10(11)4/h5-8,12H,1-4H3. The Morgan fingerprint density at radius 2 is 1.59 bits per heavy atom. The fourth-order valence-electron chi connectivity index (χ4n) is 1.75. The van der Waals surface area contributed by atoms with Crippen LogP contribution in [0.1, 0.15) is 35.3 Å². The maximum absolute atomic E-state index is 13.8. The molecule has 0 saturated heterocycles. The van der Waals surface area contributed by atoms with Crippen molar-refractivity contribution in [3.8, 4) is 0 Å². The fraction of sp³-hybridized carbons (Fsp3) is 0.429. The SMILES string of the molecule is Cc1cccc(C)c1C(=O)C(F)C(=O)C(C)C. The van der Waals surface area contributed by atoms with Crippen LogP contribution in [-0.4, -0.2) is 17.7 Å². The molecule has 92 valence electrons. The van der Waals surface area contributed by atoms with Crippen molar-refractivity contribution in [1.29, 1.82) is 0 Å². The molecule has 2 nitrogen and oxygen atoms in total. The largest absolute Gasteiger partial charge is 0.296 e. The number of benzene rings is 1. The number of alkyl halides is 1. The minimum absolute atomic E-state index is 0.328. The first-order valence-electron chi connectivity index (χ1n) is 5.64. The molecule has 1 unspecified atom stereocenters. The Labute approximate surface area is 101 Å². The lowest BCUT2D eigenvalue weighted by Gasteiger charge is -2.12. The number of hydrogen-bond donors (Lipinski definition) is 0. The summed E-state index contributed by atoms with van der Waals surface area (Å²) in [6.07, 6.45) is -2.05. The molecule has 0 aliphatic rings. The average molecular weight is 236 g/mol. The number of hydrogen-bond acceptors (Lipinski definition) is 2. The Hall–Kier alpha value is -1.51. The number of rotatable bonds is 4. The summed E-state index contributed by atoms with van der Waals surface area (Å²) in [5.74, 6) is -1.85. The molecule has 1 rings (SSSR count). The Morgan fingerprint density at radius 1 is 1.12 bits per heavy atom. The van der Waals surface area contributed by atoms with E-state index in [0.29, 0.717) is 16.7 Å². The van der Waals surface area contributed by atoms with Gasteiger partial charge in [-0.2, -0.15) is 0 Å². The average Bonchev–Trinajstić information content (AvgIpc) is 2.26. The quantitative estimate of drug-likeness (QED) is 0.594. The van der Waals surface area contributed by atoms with E-state index in [9.17, 15) is 14.0 Å². The molecule has 0 aliphatic heterocycles. The molecular weight excluding hydrogens is 219 g/mol.